The van der Waals surface area contributed by atoms with Crippen LogP contribution in [0, 0.1) is 11.8 Å². The number of hydrogen-bond donors (Lipinski definition) is 0. The molecule has 4 rings (SSSR count). The van der Waals surface area contributed by atoms with Crippen LogP contribution in [0.4, 0.5) is 0 Å². The van der Waals surface area contributed by atoms with Crippen molar-refractivity contribution in [2.75, 3.05) is 26.2 Å². The van der Waals surface area contributed by atoms with Gasteiger partial charge >= 0.3 is 0 Å². The number of nitrogens with zero attached hydrogens (tertiary/aromatic N) is 2. The predicted octanol–water partition coefficient (Wildman–Crippen LogP) is 3.29. The minimum absolute atomic E-state index is 0.120. The molecule has 118 valence electrons. The molecule has 1 saturated heterocycles. The van der Waals surface area contributed by atoms with Crippen LogP contribution < -0.4 is 0 Å². The Balaban J connectivity index is 1.36. The van der Waals surface area contributed by atoms with Crippen LogP contribution in [-0.2, 0) is 0 Å². The molecular formula is C18H23ClN2O. The first-order chi connectivity index (χ1) is 10.7. The second-order valence-electron chi connectivity index (χ2n) is 7.08. The van der Waals surface area contributed by atoms with E-state index in [9.17, 15) is 4.79 Å². The van der Waals surface area contributed by atoms with Gasteiger partial charge in [0.25, 0.3) is 5.91 Å². The molecule has 3 nitrogen and oxygen atoms in total. The standard InChI is InChI=1S/C18H23ClN2O/c19-16-3-1-2-15(12-16)18(22)21-8-6-20(7-9-21)17-11-13-4-5-14(17)10-13/h1-3,12-14,17H,4-11H2/t13-,14-,17+/m1/s1. The Morgan fingerprint density at radius 1 is 1.09 bits per heavy atom. The van der Waals surface area contributed by atoms with Crippen LogP contribution >= 0.6 is 11.6 Å². The molecule has 1 aromatic carbocycles. The van der Waals surface area contributed by atoms with Crippen LogP contribution in [0.25, 0.3) is 0 Å². The van der Waals surface area contributed by atoms with E-state index in [-0.39, 0.29) is 5.91 Å². The molecule has 4 heteroatoms. The summed E-state index contributed by atoms with van der Waals surface area (Å²) in [5, 5.41) is 0.631. The molecule has 2 aliphatic carbocycles. The SMILES string of the molecule is O=C(c1cccc(Cl)c1)N1CCN([C@H]2C[C@@H]3CC[C@@H]2C3)CC1. The lowest BCUT2D eigenvalue weighted by Crippen LogP contribution is -2.53. The molecule has 2 saturated carbocycles. The van der Waals surface area contributed by atoms with Crippen molar-refractivity contribution in [2.45, 2.75) is 31.7 Å². The Bertz CT molecular complexity index is 568. The van der Waals surface area contributed by atoms with Gasteiger partial charge in [0.1, 0.15) is 0 Å². The lowest BCUT2D eigenvalue weighted by molar-refractivity contribution is 0.0496. The fourth-order valence-electron chi connectivity index (χ4n) is 4.72. The molecule has 2 bridgehead atoms. The molecule has 1 aromatic rings. The summed E-state index contributed by atoms with van der Waals surface area (Å²) < 4.78 is 0. The lowest BCUT2D eigenvalue weighted by atomic mass is 9.93. The third kappa shape index (κ3) is 2.65. The molecule has 0 spiro atoms. The number of hydrogen-bond acceptors (Lipinski definition) is 2. The van der Waals surface area contributed by atoms with Crippen LogP contribution in [0.15, 0.2) is 24.3 Å². The number of halogens is 1. The van der Waals surface area contributed by atoms with Crippen molar-refractivity contribution in [1.82, 2.24) is 9.80 Å². The number of piperazine rings is 1. The second kappa shape index (κ2) is 5.86. The molecule has 3 fully saturated rings. The van der Waals surface area contributed by atoms with Crippen molar-refractivity contribution in [3.8, 4) is 0 Å². The first kappa shape index (κ1) is 14.5. The van der Waals surface area contributed by atoms with Crippen molar-refractivity contribution in [3.63, 3.8) is 0 Å². The van der Waals surface area contributed by atoms with E-state index in [1.165, 1.54) is 25.7 Å². The van der Waals surface area contributed by atoms with Crippen LogP contribution in [0.3, 0.4) is 0 Å². The average molecular weight is 319 g/mol. The van der Waals surface area contributed by atoms with Crippen molar-refractivity contribution in [2.24, 2.45) is 11.8 Å². The molecule has 0 radical (unpaired) electrons. The molecule has 0 aromatic heterocycles. The summed E-state index contributed by atoms with van der Waals surface area (Å²) in [7, 11) is 0. The lowest BCUT2D eigenvalue weighted by Gasteiger charge is -2.41. The quantitative estimate of drug-likeness (QED) is 0.835. The largest absolute Gasteiger partial charge is 0.336 e. The van der Waals surface area contributed by atoms with Gasteiger partial charge in [-0.1, -0.05) is 24.1 Å². The fraction of sp³-hybridized carbons (Fsp3) is 0.611. The third-order valence-electron chi connectivity index (χ3n) is 5.84. The summed E-state index contributed by atoms with van der Waals surface area (Å²) in [4.78, 5) is 17.2. The summed E-state index contributed by atoms with van der Waals surface area (Å²) in [6, 6.07) is 8.08. The average Bonchev–Trinajstić information content (AvgIpc) is 3.17. The van der Waals surface area contributed by atoms with E-state index in [0.29, 0.717) is 10.6 Å². The number of carbonyl (C=O) groups excluding carboxylic acids is 1. The minimum atomic E-state index is 0.120. The maximum Gasteiger partial charge on any atom is 0.253 e. The van der Waals surface area contributed by atoms with Gasteiger partial charge in [-0.2, -0.15) is 0 Å². The van der Waals surface area contributed by atoms with Crippen LogP contribution in [-0.4, -0.2) is 47.9 Å². The minimum Gasteiger partial charge on any atom is -0.336 e. The number of benzene rings is 1. The zero-order valence-corrected chi connectivity index (χ0v) is 13.6. The van der Waals surface area contributed by atoms with E-state index < -0.39 is 0 Å². The van der Waals surface area contributed by atoms with Gasteiger partial charge in [0.2, 0.25) is 0 Å². The van der Waals surface area contributed by atoms with E-state index in [4.69, 9.17) is 11.6 Å². The number of rotatable bonds is 2. The van der Waals surface area contributed by atoms with Gasteiger partial charge in [-0.25, -0.2) is 0 Å². The highest BCUT2D eigenvalue weighted by molar-refractivity contribution is 6.30. The molecular weight excluding hydrogens is 296 g/mol. The fourth-order valence-corrected chi connectivity index (χ4v) is 4.91. The molecule has 3 atom stereocenters. The molecule has 3 aliphatic rings. The van der Waals surface area contributed by atoms with Crippen molar-refractivity contribution < 1.29 is 4.79 Å². The second-order valence-corrected chi connectivity index (χ2v) is 7.52. The van der Waals surface area contributed by atoms with Gasteiger partial charge in [-0.05, 0) is 49.3 Å². The van der Waals surface area contributed by atoms with E-state index in [1.54, 1.807) is 6.07 Å². The van der Waals surface area contributed by atoms with Gasteiger partial charge < -0.3 is 4.90 Å². The zero-order valence-electron chi connectivity index (χ0n) is 12.9. The Hall–Kier alpha value is -1.06. The molecule has 1 aliphatic heterocycles. The molecule has 1 heterocycles. The van der Waals surface area contributed by atoms with Crippen molar-refractivity contribution in [3.05, 3.63) is 34.9 Å². The normalized spacial score (nSPS) is 31.7. The van der Waals surface area contributed by atoms with Gasteiger partial charge in [0, 0.05) is 42.8 Å². The maximum absolute atomic E-state index is 12.6. The Kier molecular flexibility index (Phi) is 3.87. The highest BCUT2D eigenvalue weighted by Gasteiger charge is 2.42. The molecule has 0 unspecified atom stereocenters. The smallest absolute Gasteiger partial charge is 0.253 e. The summed E-state index contributed by atoms with van der Waals surface area (Å²) in [6.07, 6.45) is 5.73. The first-order valence-corrected chi connectivity index (χ1v) is 8.87. The molecule has 1 amide bonds. The van der Waals surface area contributed by atoms with Crippen LogP contribution in [0.2, 0.25) is 5.02 Å². The van der Waals surface area contributed by atoms with Gasteiger partial charge in [-0.3, -0.25) is 9.69 Å². The molecule has 0 N–H and O–H groups in total. The van der Waals surface area contributed by atoms with E-state index >= 15 is 0 Å². The first-order valence-electron chi connectivity index (χ1n) is 8.49. The predicted molar refractivity (Wildman–Crippen MR) is 88.2 cm³/mol. The topological polar surface area (TPSA) is 23.6 Å². The summed E-state index contributed by atoms with van der Waals surface area (Å²) in [6.45, 7) is 3.75. The number of carbonyl (C=O) groups is 1. The van der Waals surface area contributed by atoms with Gasteiger partial charge in [0.05, 0.1) is 0 Å². The van der Waals surface area contributed by atoms with Gasteiger partial charge in [-0.15, -0.1) is 0 Å². The number of amides is 1. The van der Waals surface area contributed by atoms with Crippen molar-refractivity contribution in [1.29, 1.82) is 0 Å². The monoisotopic (exact) mass is 318 g/mol. The van der Waals surface area contributed by atoms with E-state index in [1.807, 2.05) is 23.1 Å². The Morgan fingerprint density at radius 2 is 1.91 bits per heavy atom. The molecule has 22 heavy (non-hydrogen) atoms. The summed E-state index contributed by atoms with van der Waals surface area (Å²) in [5.41, 5.74) is 0.709. The maximum atomic E-state index is 12.6. The highest BCUT2D eigenvalue weighted by Crippen LogP contribution is 2.46. The summed E-state index contributed by atoms with van der Waals surface area (Å²) in [5.74, 6) is 2.04. The van der Waals surface area contributed by atoms with Gasteiger partial charge in [0.15, 0.2) is 0 Å². The summed E-state index contributed by atoms with van der Waals surface area (Å²) >= 11 is 5.99. The van der Waals surface area contributed by atoms with E-state index in [0.717, 1.165) is 44.1 Å². The van der Waals surface area contributed by atoms with Crippen LogP contribution in [0.5, 0.6) is 0 Å². The number of fused-ring (bicyclic) bond motifs is 2. The van der Waals surface area contributed by atoms with Crippen LogP contribution in [0.1, 0.15) is 36.0 Å². The van der Waals surface area contributed by atoms with Crippen molar-refractivity contribution >= 4 is 17.5 Å². The Labute approximate surface area is 137 Å². The third-order valence-corrected chi connectivity index (χ3v) is 6.08. The Morgan fingerprint density at radius 3 is 2.55 bits per heavy atom. The zero-order chi connectivity index (χ0) is 15.1. The van der Waals surface area contributed by atoms with E-state index in [2.05, 4.69) is 4.90 Å². The highest BCUT2D eigenvalue weighted by atomic mass is 35.5.